The van der Waals surface area contributed by atoms with E-state index in [1.54, 1.807) is 20.8 Å². The van der Waals surface area contributed by atoms with Gasteiger partial charge in [0.2, 0.25) is 10.0 Å². The van der Waals surface area contributed by atoms with Crippen LogP contribution in [0.3, 0.4) is 0 Å². The fraction of sp³-hybridized carbons (Fsp3) is 0.800. The Bertz CT molecular complexity index is 467. The molecule has 0 radical (unpaired) electrons. The van der Waals surface area contributed by atoms with Gasteiger partial charge in [0.25, 0.3) is 0 Å². The third-order valence-corrected chi connectivity index (χ3v) is 4.16. The van der Waals surface area contributed by atoms with Crippen molar-refractivity contribution in [1.29, 1.82) is 0 Å². The number of rotatable bonds is 2. The van der Waals surface area contributed by atoms with Gasteiger partial charge in [0.05, 0.1) is 5.92 Å². The Morgan fingerprint density at radius 1 is 1.37 bits per heavy atom. The topological polar surface area (TPSA) is 122 Å². The number of aliphatic carboxylic acids is 1. The van der Waals surface area contributed by atoms with Gasteiger partial charge in [0.15, 0.2) is 5.37 Å². The van der Waals surface area contributed by atoms with Crippen molar-refractivity contribution < 1.29 is 27.9 Å². The predicted molar refractivity (Wildman–Crippen MR) is 65.8 cm³/mol. The Labute approximate surface area is 111 Å². The number of ether oxygens (including phenoxy) is 1. The molecule has 0 aromatic carbocycles. The summed E-state index contributed by atoms with van der Waals surface area (Å²) in [6.45, 7) is 4.89. The van der Waals surface area contributed by atoms with E-state index in [0.29, 0.717) is 0 Å². The first kappa shape index (κ1) is 15.7. The van der Waals surface area contributed by atoms with Gasteiger partial charge in [0, 0.05) is 6.54 Å². The largest absolute Gasteiger partial charge is 0.481 e. The lowest BCUT2D eigenvalue weighted by Gasteiger charge is -2.30. The van der Waals surface area contributed by atoms with Gasteiger partial charge in [-0.3, -0.25) is 4.79 Å². The van der Waals surface area contributed by atoms with Crippen LogP contribution in [0, 0.1) is 5.92 Å². The summed E-state index contributed by atoms with van der Waals surface area (Å²) in [6, 6.07) is 0. The van der Waals surface area contributed by atoms with Crippen LogP contribution in [0.4, 0.5) is 4.79 Å². The highest BCUT2D eigenvalue weighted by molar-refractivity contribution is 7.90. The van der Waals surface area contributed by atoms with Gasteiger partial charge >= 0.3 is 12.1 Å². The van der Waals surface area contributed by atoms with Crippen LogP contribution in [-0.4, -0.2) is 43.1 Å². The minimum absolute atomic E-state index is 0.0335. The van der Waals surface area contributed by atoms with Gasteiger partial charge in [-0.15, -0.1) is 0 Å². The van der Waals surface area contributed by atoms with E-state index in [1.165, 1.54) is 0 Å². The SMILES string of the molecule is CC(C)(C)OC(=O)NC1[C@H](C(=O)O)CCNS1(=O)=O. The molecular weight excluding hydrogens is 276 g/mol. The summed E-state index contributed by atoms with van der Waals surface area (Å²) in [6.07, 6.45) is -0.856. The maximum atomic E-state index is 11.8. The van der Waals surface area contributed by atoms with Gasteiger partial charge < -0.3 is 15.2 Å². The number of carbonyl (C=O) groups is 2. The van der Waals surface area contributed by atoms with E-state index < -0.39 is 39.0 Å². The van der Waals surface area contributed by atoms with Crippen LogP contribution in [0.1, 0.15) is 27.2 Å². The lowest BCUT2D eigenvalue weighted by molar-refractivity contribution is -0.142. The second kappa shape index (κ2) is 5.33. The fourth-order valence-electron chi connectivity index (χ4n) is 1.67. The van der Waals surface area contributed by atoms with Crippen LogP contribution < -0.4 is 10.0 Å². The molecule has 8 nitrogen and oxygen atoms in total. The summed E-state index contributed by atoms with van der Waals surface area (Å²) in [5.74, 6) is -2.47. The molecule has 0 aromatic heterocycles. The lowest BCUT2D eigenvalue weighted by Crippen LogP contribution is -2.57. The van der Waals surface area contributed by atoms with E-state index in [4.69, 9.17) is 9.84 Å². The molecule has 110 valence electrons. The minimum atomic E-state index is -3.91. The third kappa shape index (κ3) is 4.35. The quantitative estimate of drug-likeness (QED) is 0.651. The Morgan fingerprint density at radius 2 is 1.95 bits per heavy atom. The molecule has 1 rings (SSSR count). The van der Waals surface area contributed by atoms with Crippen molar-refractivity contribution in [2.24, 2.45) is 5.92 Å². The molecule has 0 aliphatic carbocycles. The number of carboxylic acids is 1. The average molecular weight is 294 g/mol. The van der Waals surface area contributed by atoms with Crippen molar-refractivity contribution in [3.05, 3.63) is 0 Å². The lowest BCUT2D eigenvalue weighted by atomic mass is 10.1. The number of carbonyl (C=O) groups excluding carboxylic acids is 1. The van der Waals surface area contributed by atoms with E-state index in [-0.39, 0.29) is 13.0 Å². The summed E-state index contributed by atoms with van der Waals surface area (Å²) < 4.78 is 30.6. The summed E-state index contributed by atoms with van der Waals surface area (Å²) in [4.78, 5) is 22.6. The monoisotopic (exact) mass is 294 g/mol. The van der Waals surface area contributed by atoms with E-state index in [9.17, 15) is 18.0 Å². The highest BCUT2D eigenvalue weighted by atomic mass is 32.2. The Hall–Kier alpha value is -1.35. The van der Waals surface area contributed by atoms with Crippen LogP contribution in [0.2, 0.25) is 0 Å². The summed E-state index contributed by atoms with van der Waals surface area (Å²) >= 11 is 0. The zero-order valence-corrected chi connectivity index (χ0v) is 11.8. The maximum absolute atomic E-state index is 11.8. The van der Waals surface area contributed by atoms with Crippen LogP contribution in [0.15, 0.2) is 0 Å². The smallest absolute Gasteiger partial charge is 0.408 e. The average Bonchev–Trinajstić information content (AvgIpc) is 2.17. The standard InChI is InChI=1S/C10H18N2O6S/c1-10(2,3)18-9(15)12-7-6(8(13)14)4-5-11-19(7,16)17/h6-7,11H,4-5H2,1-3H3,(H,12,15)(H,13,14)/t6-,7?/m1/s1. The first-order valence-corrected chi connectivity index (χ1v) is 7.28. The molecule has 1 fully saturated rings. The van der Waals surface area contributed by atoms with Crippen molar-refractivity contribution in [2.75, 3.05) is 6.54 Å². The minimum Gasteiger partial charge on any atom is -0.481 e. The molecule has 3 N–H and O–H groups in total. The number of alkyl carbamates (subject to hydrolysis) is 1. The maximum Gasteiger partial charge on any atom is 0.408 e. The Balaban J connectivity index is 2.86. The zero-order valence-electron chi connectivity index (χ0n) is 11.0. The summed E-state index contributed by atoms with van der Waals surface area (Å²) in [5, 5.41) is 9.57. The highest BCUT2D eigenvalue weighted by Gasteiger charge is 2.42. The summed E-state index contributed by atoms with van der Waals surface area (Å²) in [5.41, 5.74) is -0.797. The molecule has 1 amide bonds. The molecule has 1 heterocycles. The van der Waals surface area contributed by atoms with Crippen molar-refractivity contribution in [3.63, 3.8) is 0 Å². The first-order valence-electron chi connectivity index (χ1n) is 5.74. The highest BCUT2D eigenvalue weighted by Crippen LogP contribution is 2.19. The van der Waals surface area contributed by atoms with Crippen molar-refractivity contribution >= 4 is 22.1 Å². The molecule has 0 aromatic rings. The second-order valence-corrected chi connectivity index (χ2v) is 7.13. The van der Waals surface area contributed by atoms with E-state index in [1.807, 2.05) is 0 Å². The molecule has 19 heavy (non-hydrogen) atoms. The predicted octanol–water partition coefficient (Wildman–Crippen LogP) is -0.139. The van der Waals surface area contributed by atoms with E-state index >= 15 is 0 Å². The molecule has 2 atom stereocenters. The number of carboxylic acid groups (broad SMARTS) is 1. The van der Waals surface area contributed by atoms with Gasteiger partial charge in [-0.1, -0.05) is 0 Å². The van der Waals surface area contributed by atoms with E-state index in [0.717, 1.165) is 0 Å². The van der Waals surface area contributed by atoms with Crippen LogP contribution >= 0.6 is 0 Å². The number of nitrogens with one attached hydrogen (secondary N) is 2. The van der Waals surface area contributed by atoms with Crippen molar-refractivity contribution in [3.8, 4) is 0 Å². The van der Waals surface area contributed by atoms with Gasteiger partial charge in [-0.05, 0) is 27.2 Å². The van der Waals surface area contributed by atoms with Crippen molar-refractivity contribution in [2.45, 2.75) is 38.2 Å². The molecule has 1 aliphatic heterocycles. The van der Waals surface area contributed by atoms with E-state index in [2.05, 4.69) is 10.0 Å². The molecule has 0 spiro atoms. The molecule has 1 saturated heterocycles. The molecule has 0 saturated carbocycles. The second-order valence-electron chi connectivity index (χ2n) is 5.24. The Morgan fingerprint density at radius 3 is 2.42 bits per heavy atom. The number of amides is 1. The van der Waals surface area contributed by atoms with Gasteiger partial charge in [0.1, 0.15) is 5.60 Å². The third-order valence-electron chi connectivity index (χ3n) is 2.43. The number of hydrogen-bond donors (Lipinski definition) is 3. The van der Waals surface area contributed by atoms with Crippen molar-refractivity contribution in [1.82, 2.24) is 10.0 Å². The number of hydrogen-bond acceptors (Lipinski definition) is 5. The van der Waals surface area contributed by atoms with Crippen LogP contribution in [0.25, 0.3) is 0 Å². The van der Waals surface area contributed by atoms with Crippen LogP contribution in [0.5, 0.6) is 0 Å². The molecule has 9 heteroatoms. The molecule has 1 aliphatic rings. The molecule has 1 unspecified atom stereocenters. The molecule has 0 bridgehead atoms. The van der Waals surface area contributed by atoms with Gasteiger partial charge in [-0.25, -0.2) is 17.9 Å². The molecular formula is C10H18N2O6S. The fourth-order valence-corrected chi connectivity index (χ4v) is 3.19. The number of sulfonamides is 1. The Kier molecular flexibility index (Phi) is 4.41. The zero-order chi connectivity index (χ0) is 14.8. The summed E-state index contributed by atoms with van der Waals surface area (Å²) in [7, 11) is -3.91. The normalized spacial score (nSPS) is 26.5. The van der Waals surface area contributed by atoms with Crippen LogP contribution in [-0.2, 0) is 19.6 Å². The first-order chi connectivity index (χ1) is 8.53. The van der Waals surface area contributed by atoms with Gasteiger partial charge in [-0.2, -0.15) is 0 Å².